The van der Waals surface area contributed by atoms with Gasteiger partial charge in [-0.15, -0.1) is 0 Å². The van der Waals surface area contributed by atoms with Crippen LogP contribution < -0.4 is 16.6 Å². The Balaban J connectivity index is 2.00. The molecule has 0 atom stereocenters. The van der Waals surface area contributed by atoms with E-state index in [9.17, 15) is 0 Å². The third kappa shape index (κ3) is 3.46. The summed E-state index contributed by atoms with van der Waals surface area (Å²) in [5.41, 5.74) is 5.23. The highest BCUT2D eigenvalue weighted by atomic mass is 15.3. The number of hydrogen-bond acceptors (Lipinski definition) is 2. The van der Waals surface area contributed by atoms with Crippen LogP contribution in [0, 0.1) is 0 Å². The first kappa shape index (κ1) is 11.9. The second-order valence-corrected chi connectivity index (χ2v) is 4.35. The number of guanidine groups is 1. The highest BCUT2D eigenvalue weighted by Crippen LogP contribution is 2.18. The Bertz CT molecular complexity index is 396. The zero-order chi connectivity index (χ0) is 12.1. The molecule has 4 N–H and O–H groups in total. The van der Waals surface area contributed by atoms with E-state index < -0.39 is 0 Å². The minimum Gasteiger partial charge on any atom is -0.353 e. The fourth-order valence-electron chi connectivity index (χ4n) is 1.77. The van der Waals surface area contributed by atoms with Crippen molar-refractivity contribution in [3.05, 3.63) is 35.4 Å². The smallest absolute Gasteiger partial charge is 0.206 e. The number of hydrazine groups is 1. The predicted octanol–water partition coefficient (Wildman–Crippen LogP) is 1.32. The SMILES string of the molecule is CCc1ccccc1CN=C(NN)NC1CC1. The summed E-state index contributed by atoms with van der Waals surface area (Å²) in [5.74, 6) is 6.13. The molecule has 0 bridgehead atoms. The largest absolute Gasteiger partial charge is 0.353 e. The molecule has 0 spiro atoms. The molecule has 4 heteroatoms. The molecule has 17 heavy (non-hydrogen) atoms. The highest BCUT2D eigenvalue weighted by molar-refractivity contribution is 5.79. The van der Waals surface area contributed by atoms with Crippen LogP contribution >= 0.6 is 0 Å². The standard InChI is InChI=1S/C13H20N4/c1-2-10-5-3-4-6-11(10)9-15-13(17-14)16-12-7-8-12/h3-6,12H,2,7-9,14H2,1H3,(H2,15,16,17). The van der Waals surface area contributed by atoms with Gasteiger partial charge in [-0.2, -0.15) is 0 Å². The molecule has 1 saturated carbocycles. The van der Waals surface area contributed by atoms with Gasteiger partial charge < -0.3 is 5.32 Å². The average molecular weight is 232 g/mol. The molecule has 1 aliphatic carbocycles. The Morgan fingerprint density at radius 1 is 1.35 bits per heavy atom. The second kappa shape index (κ2) is 5.68. The van der Waals surface area contributed by atoms with E-state index in [1.165, 1.54) is 24.0 Å². The van der Waals surface area contributed by atoms with Gasteiger partial charge in [0.05, 0.1) is 6.54 Å². The van der Waals surface area contributed by atoms with E-state index in [4.69, 9.17) is 5.84 Å². The topological polar surface area (TPSA) is 62.4 Å². The molecule has 1 aromatic rings. The van der Waals surface area contributed by atoms with Crippen LogP contribution in [0.2, 0.25) is 0 Å². The lowest BCUT2D eigenvalue weighted by molar-refractivity contribution is 0.819. The molecule has 1 aliphatic rings. The van der Waals surface area contributed by atoms with Gasteiger partial charge in [-0.3, -0.25) is 5.43 Å². The van der Waals surface area contributed by atoms with E-state index in [2.05, 4.69) is 40.9 Å². The molecule has 2 rings (SSSR count). The summed E-state index contributed by atoms with van der Waals surface area (Å²) in [7, 11) is 0. The quantitative estimate of drug-likeness (QED) is 0.317. The lowest BCUT2D eigenvalue weighted by atomic mass is 10.1. The summed E-state index contributed by atoms with van der Waals surface area (Å²) < 4.78 is 0. The van der Waals surface area contributed by atoms with Gasteiger partial charge in [-0.05, 0) is 30.4 Å². The van der Waals surface area contributed by atoms with Crippen LogP contribution in [-0.2, 0) is 13.0 Å². The Morgan fingerprint density at radius 2 is 2.06 bits per heavy atom. The Labute approximate surface area is 102 Å². The lowest BCUT2D eigenvalue weighted by Crippen LogP contribution is -2.42. The molecule has 0 radical (unpaired) electrons. The summed E-state index contributed by atoms with van der Waals surface area (Å²) in [5, 5.41) is 3.26. The van der Waals surface area contributed by atoms with Crippen LogP contribution in [0.5, 0.6) is 0 Å². The molecular weight excluding hydrogens is 212 g/mol. The second-order valence-electron chi connectivity index (χ2n) is 4.35. The zero-order valence-electron chi connectivity index (χ0n) is 10.2. The Morgan fingerprint density at radius 3 is 2.65 bits per heavy atom. The third-order valence-electron chi connectivity index (χ3n) is 2.96. The third-order valence-corrected chi connectivity index (χ3v) is 2.96. The van der Waals surface area contributed by atoms with E-state index in [0.29, 0.717) is 18.5 Å². The number of nitrogens with zero attached hydrogens (tertiary/aromatic N) is 1. The first-order chi connectivity index (χ1) is 8.33. The van der Waals surface area contributed by atoms with Gasteiger partial charge in [0.2, 0.25) is 5.96 Å². The van der Waals surface area contributed by atoms with Crippen molar-refractivity contribution in [3.8, 4) is 0 Å². The first-order valence-electron chi connectivity index (χ1n) is 6.18. The van der Waals surface area contributed by atoms with E-state index in [0.717, 1.165) is 6.42 Å². The normalized spacial score (nSPS) is 15.8. The number of rotatable bonds is 4. The minimum absolute atomic E-state index is 0.561. The fraction of sp³-hybridized carbons (Fsp3) is 0.462. The lowest BCUT2D eigenvalue weighted by Gasteiger charge is -2.09. The van der Waals surface area contributed by atoms with Crippen molar-refractivity contribution in [1.82, 2.24) is 10.7 Å². The van der Waals surface area contributed by atoms with Crippen LogP contribution in [0.15, 0.2) is 29.3 Å². The van der Waals surface area contributed by atoms with Gasteiger partial charge >= 0.3 is 0 Å². The average Bonchev–Trinajstić information content (AvgIpc) is 3.18. The van der Waals surface area contributed by atoms with Gasteiger partial charge in [0.1, 0.15) is 0 Å². The minimum atomic E-state index is 0.561. The molecule has 0 aliphatic heterocycles. The molecule has 0 aromatic heterocycles. The summed E-state index contributed by atoms with van der Waals surface area (Å²) in [6.45, 7) is 2.83. The fourth-order valence-corrected chi connectivity index (χ4v) is 1.77. The highest BCUT2D eigenvalue weighted by Gasteiger charge is 2.21. The molecule has 0 unspecified atom stereocenters. The Hall–Kier alpha value is -1.55. The number of benzene rings is 1. The summed E-state index contributed by atoms with van der Waals surface area (Å²) in [6, 6.07) is 8.94. The number of aryl methyl sites for hydroxylation is 1. The molecule has 92 valence electrons. The van der Waals surface area contributed by atoms with Crippen molar-refractivity contribution in [1.29, 1.82) is 0 Å². The van der Waals surface area contributed by atoms with Gasteiger partial charge in [-0.1, -0.05) is 31.2 Å². The maximum Gasteiger partial charge on any atom is 0.206 e. The number of hydrogen-bond donors (Lipinski definition) is 3. The first-order valence-corrected chi connectivity index (χ1v) is 6.18. The maximum atomic E-state index is 5.44. The van der Waals surface area contributed by atoms with Gasteiger partial charge in [-0.25, -0.2) is 10.8 Å². The van der Waals surface area contributed by atoms with Crippen molar-refractivity contribution in [3.63, 3.8) is 0 Å². The van der Waals surface area contributed by atoms with Crippen molar-refractivity contribution in [2.75, 3.05) is 0 Å². The van der Waals surface area contributed by atoms with Crippen LogP contribution in [0.3, 0.4) is 0 Å². The van der Waals surface area contributed by atoms with Crippen molar-refractivity contribution < 1.29 is 0 Å². The van der Waals surface area contributed by atoms with E-state index >= 15 is 0 Å². The molecule has 4 nitrogen and oxygen atoms in total. The van der Waals surface area contributed by atoms with Crippen LogP contribution in [0.4, 0.5) is 0 Å². The molecule has 0 heterocycles. The summed E-state index contributed by atoms with van der Waals surface area (Å²) in [4.78, 5) is 4.47. The molecule has 0 amide bonds. The molecule has 1 fully saturated rings. The number of nitrogens with two attached hydrogens (primary N) is 1. The number of aliphatic imine (C=N–C) groups is 1. The van der Waals surface area contributed by atoms with Crippen LogP contribution in [0.25, 0.3) is 0 Å². The summed E-state index contributed by atoms with van der Waals surface area (Å²) >= 11 is 0. The van der Waals surface area contributed by atoms with Gasteiger partial charge in [0.25, 0.3) is 0 Å². The predicted molar refractivity (Wildman–Crippen MR) is 70.4 cm³/mol. The maximum absolute atomic E-state index is 5.44. The Kier molecular flexibility index (Phi) is 3.98. The van der Waals surface area contributed by atoms with Crippen molar-refractivity contribution in [2.24, 2.45) is 10.8 Å². The van der Waals surface area contributed by atoms with E-state index in [-0.39, 0.29) is 0 Å². The van der Waals surface area contributed by atoms with E-state index in [1.807, 2.05) is 6.07 Å². The molecule has 0 saturated heterocycles. The molecular formula is C13H20N4. The summed E-state index contributed by atoms with van der Waals surface area (Å²) in [6.07, 6.45) is 3.46. The molecule has 1 aromatic carbocycles. The van der Waals surface area contributed by atoms with Crippen molar-refractivity contribution >= 4 is 5.96 Å². The van der Waals surface area contributed by atoms with E-state index in [1.54, 1.807) is 0 Å². The van der Waals surface area contributed by atoms with Gasteiger partial charge in [0.15, 0.2) is 0 Å². The monoisotopic (exact) mass is 232 g/mol. The van der Waals surface area contributed by atoms with Crippen molar-refractivity contribution in [2.45, 2.75) is 38.8 Å². The van der Waals surface area contributed by atoms with Gasteiger partial charge in [0, 0.05) is 6.04 Å². The van der Waals surface area contributed by atoms with Crippen LogP contribution in [0.1, 0.15) is 30.9 Å². The zero-order valence-corrected chi connectivity index (χ0v) is 10.2. The van der Waals surface area contributed by atoms with Crippen LogP contribution in [-0.4, -0.2) is 12.0 Å². The number of nitrogens with one attached hydrogen (secondary N) is 2.